The quantitative estimate of drug-likeness (QED) is 0.865. The molecule has 5 heteroatoms. The largest absolute Gasteiger partial charge is 0.322 e. The van der Waals surface area contributed by atoms with Gasteiger partial charge in [-0.15, -0.1) is 0 Å². The van der Waals surface area contributed by atoms with Gasteiger partial charge in [0.25, 0.3) is 5.91 Å². The Labute approximate surface area is 130 Å². The van der Waals surface area contributed by atoms with Crippen molar-refractivity contribution in [1.29, 1.82) is 5.26 Å². The van der Waals surface area contributed by atoms with E-state index in [0.29, 0.717) is 21.8 Å². The lowest BCUT2D eigenvalue weighted by molar-refractivity contribution is 0.102. The summed E-state index contributed by atoms with van der Waals surface area (Å²) in [6, 6.07) is 12.2. The van der Waals surface area contributed by atoms with Crippen molar-refractivity contribution in [3.8, 4) is 6.07 Å². The molecule has 0 saturated carbocycles. The molecule has 0 radical (unpaired) electrons. The van der Waals surface area contributed by atoms with E-state index in [-0.39, 0.29) is 5.91 Å². The van der Waals surface area contributed by atoms with Gasteiger partial charge in [0.1, 0.15) is 6.07 Å². The number of nitrogens with one attached hydrogen (secondary N) is 1. The molecule has 1 amide bonds. The van der Waals surface area contributed by atoms with Gasteiger partial charge in [-0.2, -0.15) is 5.26 Å². The average molecular weight is 350 g/mol. The minimum Gasteiger partial charge on any atom is -0.322 e. The van der Waals surface area contributed by atoms with Crippen LogP contribution in [0.5, 0.6) is 0 Å². The molecule has 0 bridgehead atoms. The third-order valence-corrected chi connectivity index (χ3v) is 3.69. The molecule has 0 heterocycles. The molecule has 2 aromatic carbocycles. The zero-order valence-corrected chi connectivity index (χ0v) is 12.9. The van der Waals surface area contributed by atoms with Gasteiger partial charge in [0.15, 0.2) is 0 Å². The number of hydrogen-bond donors (Lipinski definition) is 1. The second kappa shape index (κ2) is 6.08. The van der Waals surface area contributed by atoms with Crippen LogP contribution in [0.25, 0.3) is 0 Å². The number of carbonyl (C=O) groups is 1. The lowest BCUT2D eigenvalue weighted by Gasteiger charge is -2.08. The van der Waals surface area contributed by atoms with Crippen molar-refractivity contribution in [3.63, 3.8) is 0 Å². The standard InChI is InChI=1S/C15H10BrClN2O/c1-9-2-5-12(13(16)6-9)15(20)19-11-4-3-10(8-18)14(17)7-11/h2-7H,1H3,(H,19,20). The van der Waals surface area contributed by atoms with E-state index in [0.717, 1.165) is 10.0 Å². The topological polar surface area (TPSA) is 52.9 Å². The molecule has 2 rings (SSSR count). The first-order valence-corrected chi connectivity index (χ1v) is 6.95. The minimum atomic E-state index is -0.238. The molecule has 0 aliphatic heterocycles. The van der Waals surface area contributed by atoms with Gasteiger partial charge in [0, 0.05) is 10.2 Å². The number of rotatable bonds is 2. The second-order valence-corrected chi connectivity index (χ2v) is 5.51. The van der Waals surface area contributed by atoms with Crippen LogP contribution in [0, 0.1) is 18.3 Å². The average Bonchev–Trinajstić information content (AvgIpc) is 2.38. The van der Waals surface area contributed by atoms with Crippen LogP contribution in [0.3, 0.4) is 0 Å². The Bertz CT molecular complexity index is 722. The highest BCUT2D eigenvalue weighted by Gasteiger charge is 2.11. The number of nitrogens with zero attached hydrogens (tertiary/aromatic N) is 1. The fourth-order valence-corrected chi connectivity index (χ4v) is 2.58. The van der Waals surface area contributed by atoms with Crippen LogP contribution in [0.15, 0.2) is 40.9 Å². The number of benzene rings is 2. The lowest BCUT2D eigenvalue weighted by Crippen LogP contribution is -2.12. The molecule has 0 fully saturated rings. The molecule has 100 valence electrons. The normalized spacial score (nSPS) is 9.90. The third kappa shape index (κ3) is 3.19. The number of nitriles is 1. The maximum absolute atomic E-state index is 12.2. The van der Waals surface area contributed by atoms with E-state index < -0.39 is 0 Å². The number of anilines is 1. The first-order chi connectivity index (χ1) is 9.51. The zero-order chi connectivity index (χ0) is 14.7. The van der Waals surface area contributed by atoms with Crippen LogP contribution < -0.4 is 5.32 Å². The van der Waals surface area contributed by atoms with Gasteiger partial charge in [0.05, 0.1) is 16.1 Å². The van der Waals surface area contributed by atoms with Crippen molar-refractivity contribution in [1.82, 2.24) is 0 Å². The van der Waals surface area contributed by atoms with Gasteiger partial charge in [-0.1, -0.05) is 17.7 Å². The van der Waals surface area contributed by atoms with Crippen molar-refractivity contribution in [2.24, 2.45) is 0 Å². The summed E-state index contributed by atoms with van der Waals surface area (Å²) in [5.74, 6) is -0.238. The van der Waals surface area contributed by atoms with Crippen molar-refractivity contribution < 1.29 is 4.79 Å². The van der Waals surface area contributed by atoms with Gasteiger partial charge in [-0.25, -0.2) is 0 Å². The molecule has 3 nitrogen and oxygen atoms in total. The Morgan fingerprint density at radius 1 is 1.30 bits per heavy atom. The van der Waals surface area contributed by atoms with Gasteiger partial charge < -0.3 is 5.32 Å². The van der Waals surface area contributed by atoms with Gasteiger partial charge in [-0.05, 0) is 58.7 Å². The number of amides is 1. The molecule has 0 saturated heterocycles. The van der Waals surface area contributed by atoms with E-state index in [1.165, 1.54) is 0 Å². The number of halogens is 2. The smallest absolute Gasteiger partial charge is 0.256 e. The van der Waals surface area contributed by atoms with Crippen LogP contribution in [0.4, 0.5) is 5.69 Å². The minimum absolute atomic E-state index is 0.238. The predicted octanol–water partition coefficient (Wildman–Crippen LogP) is 4.53. The monoisotopic (exact) mass is 348 g/mol. The molecule has 20 heavy (non-hydrogen) atoms. The van der Waals surface area contributed by atoms with E-state index in [9.17, 15) is 4.79 Å². The summed E-state index contributed by atoms with van der Waals surface area (Å²) >= 11 is 9.30. The van der Waals surface area contributed by atoms with Gasteiger partial charge in [0.2, 0.25) is 0 Å². The maximum atomic E-state index is 12.2. The zero-order valence-electron chi connectivity index (χ0n) is 10.6. The van der Waals surface area contributed by atoms with E-state index in [4.69, 9.17) is 16.9 Å². The molecule has 0 unspecified atom stereocenters. The molecule has 0 aliphatic rings. The summed E-state index contributed by atoms with van der Waals surface area (Å²) in [6.45, 7) is 1.95. The molecular formula is C15H10BrClN2O. The van der Waals surface area contributed by atoms with Crippen molar-refractivity contribution in [2.45, 2.75) is 6.92 Å². The molecule has 0 aliphatic carbocycles. The van der Waals surface area contributed by atoms with E-state index >= 15 is 0 Å². The van der Waals surface area contributed by atoms with Crippen molar-refractivity contribution >= 4 is 39.1 Å². The molecule has 0 aromatic heterocycles. The number of aryl methyl sites for hydroxylation is 1. The molecule has 0 atom stereocenters. The molecular weight excluding hydrogens is 340 g/mol. The third-order valence-electron chi connectivity index (χ3n) is 2.72. The highest BCUT2D eigenvalue weighted by molar-refractivity contribution is 9.10. The number of carbonyl (C=O) groups excluding carboxylic acids is 1. The Balaban J connectivity index is 2.24. The van der Waals surface area contributed by atoms with Gasteiger partial charge in [-0.3, -0.25) is 4.79 Å². The van der Waals surface area contributed by atoms with Crippen molar-refractivity contribution in [3.05, 3.63) is 62.6 Å². The highest BCUT2D eigenvalue weighted by atomic mass is 79.9. The maximum Gasteiger partial charge on any atom is 0.256 e. The van der Waals surface area contributed by atoms with Crippen LogP contribution in [0.2, 0.25) is 5.02 Å². The summed E-state index contributed by atoms with van der Waals surface area (Å²) in [4.78, 5) is 12.2. The molecule has 0 spiro atoms. The summed E-state index contributed by atoms with van der Waals surface area (Å²) in [5.41, 5.74) is 2.53. The Morgan fingerprint density at radius 3 is 2.65 bits per heavy atom. The fourth-order valence-electron chi connectivity index (χ4n) is 1.69. The summed E-state index contributed by atoms with van der Waals surface area (Å²) in [7, 11) is 0. The summed E-state index contributed by atoms with van der Waals surface area (Å²) < 4.78 is 0.731. The summed E-state index contributed by atoms with van der Waals surface area (Å²) in [6.07, 6.45) is 0. The molecule has 1 N–H and O–H groups in total. The predicted molar refractivity (Wildman–Crippen MR) is 83.0 cm³/mol. The van der Waals surface area contributed by atoms with Crippen LogP contribution in [-0.4, -0.2) is 5.91 Å². The van der Waals surface area contributed by atoms with Crippen molar-refractivity contribution in [2.75, 3.05) is 5.32 Å². The number of hydrogen-bond acceptors (Lipinski definition) is 2. The Kier molecular flexibility index (Phi) is 4.43. The Hall–Kier alpha value is -1.83. The molecule has 2 aromatic rings. The summed E-state index contributed by atoms with van der Waals surface area (Å²) in [5, 5.41) is 11.9. The highest BCUT2D eigenvalue weighted by Crippen LogP contribution is 2.23. The van der Waals surface area contributed by atoms with E-state index in [1.54, 1.807) is 24.3 Å². The Morgan fingerprint density at radius 2 is 2.05 bits per heavy atom. The second-order valence-electron chi connectivity index (χ2n) is 4.24. The van der Waals surface area contributed by atoms with Gasteiger partial charge >= 0.3 is 0 Å². The van der Waals surface area contributed by atoms with E-state index in [1.807, 2.05) is 25.1 Å². The van der Waals surface area contributed by atoms with Crippen LogP contribution in [0.1, 0.15) is 21.5 Å². The fraction of sp³-hybridized carbons (Fsp3) is 0.0667. The SMILES string of the molecule is Cc1ccc(C(=O)Nc2ccc(C#N)c(Cl)c2)c(Br)c1. The first-order valence-electron chi connectivity index (χ1n) is 5.78. The lowest BCUT2D eigenvalue weighted by atomic mass is 10.1. The first kappa shape index (κ1) is 14.6. The van der Waals surface area contributed by atoms with Crippen LogP contribution in [-0.2, 0) is 0 Å². The van der Waals surface area contributed by atoms with Crippen LogP contribution >= 0.6 is 27.5 Å². The van der Waals surface area contributed by atoms with E-state index in [2.05, 4.69) is 21.2 Å².